The van der Waals surface area contributed by atoms with Crippen LogP contribution in [0, 0.1) is 0 Å². The summed E-state index contributed by atoms with van der Waals surface area (Å²) in [7, 11) is 0. The van der Waals surface area contributed by atoms with E-state index in [1.165, 1.54) is 16.9 Å². The van der Waals surface area contributed by atoms with Crippen molar-refractivity contribution in [1.82, 2.24) is 19.7 Å². The topological polar surface area (TPSA) is 63.9 Å². The van der Waals surface area contributed by atoms with E-state index in [1.807, 2.05) is 25.1 Å². The molecule has 148 valence electrons. The van der Waals surface area contributed by atoms with Crippen molar-refractivity contribution in [3.8, 4) is 0 Å². The molecule has 4 rings (SSSR count). The number of thiazole rings is 1. The third-order valence-electron chi connectivity index (χ3n) is 4.82. The molecule has 0 aliphatic carbocycles. The van der Waals surface area contributed by atoms with Gasteiger partial charge in [-0.25, -0.2) is 4.98 Å². The van der Waals surface area contributed by atoms with E-state index in [4.69, 9.17) is 4.98 Å². The molecule has 0 unspecified atom stereocenters. The summed E-state index contributed by atoms with van der Waals surface area (Å²) < 4.78 is 2.79. The van der Waals surface area contributed by atoms with Gasteiger partial charge < -0.3 is 0 Å². The molecule has 0 aliphatic rings. The Kier molecular flexibility index (Phi) is 5.40. The summed E-state index contributed by atoms with van der Waals surface area (Å²) in [6.45, 7) is 7.27. The van der Waals surface area contributed by atoms with Crippen molar-refractivity contribution in [2.75, 3.05) is 4.90 Å². The Morgan fingerprint density at radius 2 is 2.00 bits per heavy atom. The van der Waals surface area contributed by atoms with Crippen LogP contribution in [-0.4, -0.2) is 25.7 Å². The summed E-state index contributed by atoms with van der Waals surface area (Å²) in [6.07, 6.45) is 3.40. The predicted molar refractivity (Wildman–Crippen MR) is 116 cm³/mol. The van der Waals surface area contributed by atoms with E-state index in [0.717, 1.165) is 15.9 Å². The van der Waals surface area contributed by atoms with Gasteiger partial charge in [0.25, 0.3) is 5.91 Å². The van der Waals surface area contributed by atoms with Gasteiger partial charge in [-0.15, -0.1) is 0 Å². The number of aryl methyl sites for hydroxylation is 1. The lowest BCUT2D eigenvalue weighted by Crippen LogP contribution is -2.32. The molecule has 3 aromatic heterocycles. The summed E-state index contributed by atoms with van der Waals surface area (Å²) in [5, 5.41) is 4.93. The number of benzene rings is 1. The molecule has 1 amide bonds. The average Bonchev–Trinajstić information content (AvgIpc) is 3.38. The van der Waals surface area contributed by atoms with Gasteiger partial charge in [0.15, 0.2) is 5.13 Å². The molecule has 29 heavy (non-hydrogen) atoms. The second-order valence-electron chi connectivity index (χ2n) is 7.09. The third-order valence-corrected chi connectivity index (χ3v) is 5.86. The highest BCUT2D eigenvalue weighted by molar-refractivity contribution is 7.22. The van der Waals surface area contributed by atoms with Crippen molar-refractivity contribution >= 4 is 32.6 Å². The molecule has 3 heterocycles. The van der Waals surface area contributed by atoms with Crippen LogP contribution in [0.15, 0.2) is 54.9 Å². The fourth-order valence-corrected chi connectivity index (χ4v) is 4.32. The molecule has 0 aliphatic heterocycles. The van der Waals surface area contributed by atoms with Gasteiger partial charge in [-0.1, -0.05) is 43.4 Å². The van der Waals surface area contributed by atoms with Crippen molar-refractivity contribution in [3.05, 3.63) is 71.8 Å². The molecule has 0 bridgehead atoms. The number of hydrogen-bond acceptors (Lipinski definition) is 5. The second-order valence-corrected chi connectivity index (χ2v) is 8.10. The lowest BCUT2D eigenvalue weighted by atomic mass is 10.0. The van der Waals surface area contributed by atoms with Crippen LogP contribution >= 0.6 is 11.3 Å². The van der Waals surface area contributed by atoms with Gasteiger partial charge in [-0.2, -0.15) is 5.10 Å². The maximum atomic E-state index is 13.5. The van der Waals surface area contributed by atoms with Crippen molar-refractivity contribution in [2.24, 2.45) is 0 Å². The lowest BCUT2D eigenvalue weighted by molar-refractivity contribution is 0.0974. The Morgan fingerprint density at radius 1 is 1.14 bits per heavy atom. The van der Waals surface area contributed by atoms with E-state index in [1.54, 1.807) is 28.0 Å². The summed E-state index contributed by atoms with van der Waals surface area (Å²) in [5.41, 5.74) is 3.51. The molecule has 0 radical (unpaired) electrons. The monoisotopic (exact) mass is 405 g/mol. The van der Waals surface area contributed by atoms with Gasteiger partial charge in [0, 0.05) is 18.9 Å². The van der Waals surface area contributed by atoms with E-state index < -0.39 is 0 Å². The maximum Gasteiger partial charge on any atom is 0.278 e. The summed E-state index contributed by atoms with van der Waals surface area (Å²) in [5.74, 6) is 0.232. The largest absolute Gasteiger partial charge is 0.278 e. The molecule has 0 saturated carbocycles. The molecule has 6 nitrogen and oxygen atoms in total. The van der Waals surface area contributed by atoms with E-state index in [-0.39, 0.29) is 5.91 Å². The molecule has 1 aromatic carbocycles. The smallest absolute Gasteiger partial charge is 0.277 e. The predicted octanol–water partition coefficient (Wildman–Crippen LogP) is 4.88. The van der Waals surface area contributed by atoms with Crippen LogP contribution in [0.4, 0.5) is 5.13 Å². The zero-order chi connectivity index (χ0) is 20.4. The summed E-state index contributed by atoms with van der Waals surface area (Å²) >= 11 is 1.53. The summed E-state index contributed by atoms with van der Waals surface area (Å²) in [4.78, 5) is 24.5. The lowest BCUT2D eigenvalue weighted by Gasteiger charge is -2.20. The number of nitrogens with zero attached hydrogens (tertiary/aromatic N) is 5. The van der Waals surface area contributed by atoms with Gasteiger partial charge in [0.2, 0.25) is 0 Å². The Hall–Kier alpha value is -3.06. The molecule has 0 N–H and O–H groups in total. The molecular weight excluding hydrogens is 382 g/mol. The highest BCUT2D eigenvalue weighted by atomic mass is 32.1. The Labute approximate surface area is 173 Å². The zero-order valence-corrected chi connectivity index (χ0v) is 17.6. The first-order valence-electron chi connectivity index (χ1n) is 9.71. The number of anilines is 1. The average molecular weight is 406 g/mol. The van der Waals surface area contributed by atoms with E-state index in [2.05, 4.69) is 42.1 Å². The fraction of sp³-hybridized carbons (Fsp3) is 0.273. The summed E-state index contributed by atoms with van der Waals surface area (Å²) in [6, 6.07) is 13.7. The number of pyridine rings is 1. The number of amides is 1. The highest BCUT2D eigenvalue weighted by Crippen LogP contribution is 2.34. The second kappa shape index (κ2) is 8.13. The Bertz CT molecular complexity index is 1130. The molecule has 4 aromatic rings. The first-order chi connectivity index (χ1) is 14.1. The first-order valence-corrected chi connectivity index (χ1v) is 10.5. The standard InChI is InChI=1S/C22H23N5OS/c1-4-27-18(11-13-24-27)21(28)26(14-16-8-5-6-12-23-16)22-25-20-17(15(2)3)9-7-10-19(20)29-22/h5-13,15H,4,14H2,1-3H3. The van der Waals surface area contributed by atoms with Crippen LogP contribution in [0.3, 0.4) is 0 Å². The van der Waals surface area contributed by atoms with Gasteiger partial charge >= 0.3 is 0 Å². The number of carbonyl (C=O) groups excluding carboxylic acids is 1. The minimum absolute atomic E-state index is 0.125. The Morgan fingerprint density at radius 3 is 2.72 bits per heavy atom. The number of aromatic nitrogens is 4. The highest BCUT2D eigenvalue weighted by Gasteiger charge is 2.25. The van der Waals surface area contributed by atoms with Gasteiger partial charge in [0.05, 0.1) is 22.5 Å². The number of fused-ring (bicyclic) bond motifs is 1. The van der Waals surface area contributed by atoms with Crippen LogP contribution in [0.1, 0.15) is 48.4 Å². The van der Waals surface area contributed by atoms with E-state index in [0.29, 0.717) is 29.8 Å². The first kappa shape index (κ1) is 19.3. The fourth-order valence-electron chi connectivity index (χ4n) is 3.32. The van der Waals surface area contributed by atoms with Crippen LogP contribution in [0.25, 0.3) is 10.2 Å². The SMILES string of the molecule is CCn1nccc1C(=O)N(Cc1ccccn1)c1nc2c(C(C)C)cccc2s1. The zero-order valence-electron chi connectivity index (χ0n) is 16.7. The number of para-hydroxylation sites is 1. The van der Waals surface area contributed by atoms with Crippen LogP contribution in [-0.2, 0) is 13.1 Å². The van der Waals surface area contributed by atoms with Gasteiger partial charge in [-0.05, 0) is 42.7 Å². The molecule has 0 atom stereocenters. The molecular formula is C22H23N5OS. The van der Waals surface area contributed by atoms with Crippen molar-refractivity contribution < 1.29 is 4.79 Å². The molecule has 7 heteroatoms. The number of rotatable bonds is 6. The van der Waals surface area contributed by atoms with E-state index >= 15 is 0 Å². The van der Waals surface area contributed by atoms with Crippen molar-refractivity contribution in [3.63, 3.8) is 0 Å². The normalized spacial score (nSPS) is 11.3. The minimum Gasteiger partial charge on any atom is -0.277 e. The van der Waals surface area contributed by atoms with Crippen LogP contribution in [0.5, 0.6) is 0 Å². The third kappa shape index (κ3) is 3.78. The number of carbonyl (C=O) groups is 1. The van der Waals surface area contributed by atoms with Gasteiger partial charge in [0.1, 0.15) is 5.69 Å². The van der Waals surface area contributed by atoms with Crippen molar-refractivity contribution in [2.45, 2.75) is 39.8 Å². The molecule has 0 spiro atoms. The molecule has 0 saturated heterocycles. The van der Waals surface area contributed by atoms with E-state index in [9.17, 15) is 4.79 Å². The van der Waals surface area contributed by atoms with Gasteiger partial charge in [-0.3, -0.25) is 19.4 Å². The maximum absolute atomic E-state index is 13.5. The van der Waals surface area contributed by atoms with Crippen LogP contribution < -0.4 is 4.90 Å². The Balaban J connectivity index is 1.81. The van der Waals surface area contributed by atoms with Crippen LogP contribution in [0.2, 0.25) is 0 Å². The quantitative estimate of drug-likeness (QED) is 0.459. The molecule has 0 fully saturated rings. The number of hydrogen-bond donors (Lipinski definition) is 0. The van der Waals surface area contributed by atoms with Crippen molar-refractivity contribution in [1.29, 1.82) is 0 Å². The minimum atomic E-state index is -0.125.